The zero-order valence-electron chi connectivity index (χ0n) is 11.1. The molecular formula is C12H15ClFN3O2S. The van der Waals surface area contributed by atoms with Crippen LogP contribution in [-0.2, 0) is 10.0 Å². The highest BCUT2D eigenvalue weighted by Gasteiger charge is 2.29. The lowest BCUT2D eigenvalue weighted by atomic mass is 10.2. The molecule has 0 radical (unpaired) electrons. The SMILES string of the molecule is CCN(CC(C)C#N)S(=O)(=O)c1cc(Cl)cc(N)c1F. The van der Waals surface area contributed by atoms with Crippen molar-refractivity contribution < 1.29 is 12.8 Å². The predicted molar refractivity (Wildman–Crippen MR) is 75.0 cm³/mol. The van der Waals surface area contributed by atoms with Gasteiger partial charge in [-0.25, -0.2) is 12.8 Å². The molecule has 1 aromatic carbocycles. The third-order valence-electron chi connectivity index (χ3n) is 2.70. The number of benzene rings is 1. The summed E-state index contributed by atoms with van der Waals surface area (Å²) in [6.45, 7) is 3.27. The summed E-state index contributed by atoms with van der Waals surface area (Å²) in [5, 5.41) is 8.81. The molecule has 0 bridgehead atoms. The summed E-state index contributed by atoms with van der Waals surface area (Å²) < 4.78 is 39.8. The Labute approximate surface area is 122 Å². The van der Waals surface area contributed by atoms with Crippen molar-refractivity contribution in [2.75, 3.05) is 18.8 Å². The summed E-state index contributed by atoms with van der Waals surface area (Å²) in [7, 11) is -4.09. The van der Waals surface area contributed by atoms with Gasteiger partial charge in [-0.05, 0) is 19.1 Å². The first-order valence-corrected chi connectivity index (χ1v) is 7.70. The topological polar surface area (TPSA) is 87.2 Å². The lowest BCUT2D eigenvalue weighted by Crippen LogP contribution is -2.35. The molecule has 0 fully saturated rings. The van der Waals surface area contributed by atoms with Crippen molar-refractivity contribution in [2.24, 2.45) is 5.92 Å². The molecule has 1 unspecified atom stereocenters. The van der Waals surface area contributed by atoms with Crippen LogP contribution in [0.2, 0.25) is 5.02 Å². The average Bonchev–Trinajstić information content (AvgIpc) is 2.39. The fourth-order valence-corrected chi connectivity index (χ4v) is 3.60. The van der Waals surface area contributed by atoms with Crippen molar-refractivity contribution in [2.45, 2.75) is 18.7 Å². The van der Waals surface area contributed by atoms with Gasteiger partial charge in [0.15, 0.2) is 5.82 Å². The molecule has 0 saturated carbocycles. The molecule has 1 atom stereocenters. The molecule has 0 aliphatic heterocycles. The maximum absolute atomic E-state index is 13.9. The second-order valence-corrected chi connectivity index (χ2v) is 6.64. The summed E-state index contributed by atoms with van der Waals surface area (Å²) in [4.78, 5) is -0.575. The van der Waals surface area contributed by atoms with Crippen LogP contribution in [0.5, 0.6) is 0 Å². The van der Waals surface area contributed by atoms with Crippen molar-refractivity contribution in [1.29, 1.82) is 5.26 Å². The average molecular weight is 320 g/mol. The second-order valence-electron chi connectivity index (χ2n) is 4.29. The number of halogens is 2. The molecule has 0 aliphatic rings. The number of rotatable bonds is 5. The van der Waals surface area contributed by atoms with Gasteiger partial charge in [0.05, 0.1) is 17.7 Å². The molecule has 1 aromatic rings. The Hall–Kier alpha value is -1.36. The first-order chi connectivity index (χ1) is 9.23. The quantitative estimate of drug-likeness (QED) is 0.843. The largest absolute Gasteiger partial charge is 0.396 e. The molecule has 5 nitrogen and oxygen atoms in total. The highest BCUT2D eigenvalue weighted by Crippen LogP contribution is 2.27. The van der Waals surface area contributed by atoms with Crippen molar-refractivity contribution >= 4 is 27.3 Å². The van der Waals surface area contributed by atoms with Gasteiger partial charge < -0.3 is 5.73 Å². The van der Waals surface area contributed by atoms with Crippen molar-refractivity contribution in [3.8, 4) is 6.07 Å². The predicted octanol–water partition coefficient (Wildman–Crippen LogP) is 2.23. The fraction of sp³-hybridized carbons (Fsp3) is 0.417. The van der Waals surface area contributed by atoms with E-state index in [9.17, 15) is 12.8 Å². The Kier molecular flexibility index (Phi) is 5.34. The van der Waals surface area contributed by atoms with E-state index in [1.807, 2.05) is 6.07 Å². The van der Waals surface area contributed by atoms with E-state index in [0.717, 1.165) is 16.4 Å². The maximum atomic E-state index is 13.9. The number of nitriles is 1. The van der Waals surface area contributed by atoms with E-state index >= 15 is 0 Å². The summed E-state index contributed by atoms with van der Waals surface area (Å²) >= 11 is 5.73. The highest BCUT2D eigenvalue weighted by molar-refractivity contribution is 7.89. The number of hydrogen-bond donors (Lipinski definition) is 1. The van der Waals surface area contributed by atoms with E-state index in [2.05, 4.69) is 0 Å². The molecule has 2 N–H and O–H groups in total. The van der Waals surface area contributed by atoms with Crippen LogP contribution < -0.4 is 5.73 Å². The number of anilines is 1. The van der Waals surface area contributed by atoms with E-state index < -0.39 is 26.7 Å². The molecular weight excluding hydrogens is 305 g/mol. The summed E-state index contributed by atoms with van der Waals surface area (Å²) in [6, 6.07) is 4.10. The Morgan fingerprint density at radius 1 is 1.55 bits per heavy atom. The minimum atomic E-state index is -4.09. The van der Waals surface area contributed by atoms with Gasteiger partial charge in [-0.2, -0.15) is 9.57 Å². The molecule has 20 heavy (non-hydrogen) atoms. The van der Waals surface area contributed by atoms with Crippen LogP contribution in [0.25, 0.3) is 0 Å². The molecule has 0 amide bonds. The first-order valence-electron chi connectivity index (χ1n) is 5.88. The minimum absolute atomic E-state index is 0.0266. The van der Waals surface area contributed by atoms with Gasteiger partial charge >= 0.3 is 0 Å². The van der Waals surface area contributed by atoms with E-state index in [1.165, 1.54) is 0 Å². The lowest BCUT2D eigenvalue weighted by Gasteiger charge is -2.22. The van der Waals surface area contributed by atoms with Gasteiger partial charge in [0.25, 0.3) is 0 Å². The number of nitrogens with zero attached hydrogens (tertiary/aromatic N) is 2. The molecule has 0 heterocycles. The van der Waals surface area contributed by atoms with Crippen LogP contribution in [0.15, 0.2) is 17.0 Å². The highest BCUT2D eigenvalue weighted by atomic mass is 35.5. The summed E-state index contributed by atoms with van der Waals surface area (Å²) in [5.74, 6) is -1.54. The Morgan fingerprint density at radius 3 is 2.65 bits per heavy atom. The van der Waals surface area contributed by atoms with Gasteiger partial charge in [-0.3, -0.25) is 0 Å². The van der Waals surface area contributed by atoms with Crippen LogP contribution in [0.3, 0.4) is 0 Å². The number of nitrogen functional groups attached to an aromatic ring is 1. The van der Waals surface area contributed by atoms with Crippen LogP contribution in [-0.4, -0.2) is 25.8 Å². The van der Waals surface area contributed by atoms with Crippen LogP contribution >= 0.6 is 11.6 Å². The summed E-state index contributed by atoms with van der Waals surface area (Å²) in [6.07, 6.45) is 0. The van der Waals surface area contributed by atoms with Gasteiger partial charge in [0.1, 0.15) is 4.90 Å². The van der Waals surface area contributed by atoms with Crippen molar-refractivity contribution in [1.82, 2.24) is 4.31 Å². The number of sulfonamides is 1. The van der Waals surface area contributed by atoms with Crippen molar-refractivity contribution in [3.05, 3.63) is 23.0 Å². The standard InChI is InChI=1S/C12H15ClFN3O2S/c1-3-17(7-8(2)6-15)20(18,19)11-5-9(13)4-10(16)12(11)14/h4-5,8H,3,7,16H2,1-2H3. The summed E-state index contributed by atoms with van der Waals surface area (Å²) in [5.41, 5.74) is 5.06. The third kappa shape index (κ3) is 3.39. The van der Waals surface area contributed by atoms with E-state index in [4.69, 9.17) is 22.6 Å². The molecule has 0 saturated heterocycles. The third-order valence-corrected chi connectivity index (χ3v) is 4.86. The molecule has 1 rings (SSSR count). The molecule has 0 spiro atoms. The monoisotopic (exact) mass is 319 g/mol. The molecule has 0 aliphatic carbocycles. The first kappa shape index (κ1) is 16.7. The minimum Gasteiger partial charge on any atom is -0.396 e. The van der Waals surface area contributed by atoms with Crippen LogP contribution in [0.1, 0.15) is 13.8 Å². The Morgan fingerprint density at radius 2 is 2.15 bits per heavy atom. The van der Waals surface area contributed by atoms with E-state index in [1.54, 1.807) is 13.8 Å². The zero-order chi connectivity index (χ0) is 15.5. The van der Waals surface area contributed by atoms with Crippen LogP contribution in [0, 0.1) is 23.1 Å². The lowest BCUT2D eigenvalue weighted by molar-refractivity contribution is 0.397. The number of nitrogens with two attached hydrogens (primary N) is 1. The Balaban J connectivity index is 3.32. The smallest absolute Gasteiger partial charge is 0.246 e. The zero-order valence-corrected chi connectivity index (χ0v) is 12.7. The second kappa shape index (κ2) is 6.39. The normalized spacial score (nSPS) is 13.2. The van der Waals surface area contributed by atoms with Gasteiger partial charge in [-0.15, -0.1) is 0 Å². The van der Waals surface area contributed by atoms with Gasteiger partial charge in [0.2, 0.25) is 10.0 Å². The van der Waals surface area contributed by atoms with E-state index in [-0.39, 0.29) is 23.8 Å². The van der Waals surface area contributed by atoms with Crippen molar-refractivity contribution in [3.63, 3.8) is 0 Å². The molecule has 110 valence electrons. The Bertz CT molecular complexity index is 643. The number of hydrogen-bond acceptors (Lipinski definition) is 4. The molecule has 8 heteroatoms. The molecule has 0 aromatic heterocycles. The van der Waals surface area contributed by atoms with Gasteiger partial charge in [-0.1, -0.05) is 18.5 Å². The maximum Gasteiger partial charge on any atom is 0.246 e. The fourth-order valence-electron chi connectivity index (χ4n) is 1.65. The van der Waals surface area contributed by atoms with E-state index in [0.29, 0.717) is 0 Å². The van der Waals surface area contributed by atoms with Crippen LogP contribution in [0.4, 0.5) is 10.1 Å². The van der Waals surface area contributed by atoms with Gasteiger partial charge in [0, 0.05) is 18.1 Å².